The average molecular weight is 279 g/mol. The number of ether oxygens (including phenoxy) is 1. The summed E-state index contributed by atoms with van der Waals surface area (Å²) in [5.74, 6) is -1.45. The number of nitro benzene ring substituents is 1. The van der Waals surface area contributed by atoms with Crippen LogP contribution in [0, 0.1) is 15.9 Å². The smallest absolute Gasteiger partial charge is 0.325 e. The first-order valence-corrected chi connectivity index (χ1v) is 5.57. The van der Waals surface area contributed by atoms with Crippen LogP contribution in [0.1, 0.15) is 0 Å². The van der Waals surface area contributed by atoms with E-state index < -0.39 is 16.7 Å². The van der Waals surface area contributed by atoms with E-state index in [0.717, 1.165) is 6.07 Å². The first kappa shape index (κ1) is 13.7. The molecule has 104 valence electrons. The number of nitrogens with zero attached hydrogens (tertiary/aromatic N) is 2. The molecule has 8 heteroatoms. The van der Waals surface area contributed by atoms with Crippen molar-refractivity contribution in [3.8, 4) is 0 Å². The third kappa shape index (κ3) is 2.48. The second-order valence-corrected chi connectivity index (χ2v) is 3.84. The highest BCUT2D eigenvalue weighted by Crippen LogP contribution is 2.32. The number of esters is 1. The molecule has 2 aromatic rings. The Labute approximate surface area is 112 Å². The molecule has 0 aliphatic heterocycles. The zero-order valence-corrected chi connectivity index (χ0v) is 10.4. The van der Waals surface area contributed by atoms with Crippen LogP contribution in [0.25, 0.3) is 10.9 Å². The van der Waals surface area contributed by atoms with E-state index in [1.807, 2.05) is 0 Å². The molecule has 0 spiro atoms. The van der Waals surface area contributed by atoms with Crippen molar-refractivity contribution in [2.75, 3.05) is 19.0 Å². The van der Waals surface area contributed by atoms with Gasteiger partial charge in [0.25, 0.3) is 5.69 Å². The summed E-state index contributed by atoms with van der Waals surface area (Å²) in [7, 11) is 1.20. The maximum absolute atomic E-state index is 13.9. The van der Waals surface area contributed by atoms with Crippen molar-refractivity contribution in [1.82, 2.24) is 4.98 Å². The molecule has 1 N–H and O–H groups in total. The van der Waals surface area contributed by atoms with Gasteiger partial charge in [0.2, 0.25) is 0 Å². The number of nitro groups is 1. The van der Waals surface area contributed by atoms with Crippen molar-refractivity contribution in [3.63, 3.8) is 0 Å². The summed E-state index contributed by atoms with van der Waals surface area (Å²) in [6.45, 7) is -0.267. The van der Waals surface area contributed by atoms with Crippen molar-refractivity contribution in [2.24, 2.45) is 0 Å². The Balaban J connectivity index is 2.55. The van der Waals surface area contributed by atoms with E-state index >= 15 is 0 Å². The number of aromatic nitrogens is 1. The third-order valence-electron chi connectivity index (χ3n) is 2.66. The Hall–Kier alpha value is -2.77. The molecule has 1 heterocycles. The molecule has 1 aromatic heterocycles. The highest BCUT2D eigenvalue weighted by Gasteiger charge is 2.20. The van der Waals surface area contributed by atoms with Gasteiger partial charge in [-0.05, 0) is 12.1 Å². The molecule has 0 unspecified atom stereocenters. The van der Waals surface area contributed by atoms with E-state index in [9.17, 15) is 19.3 Å². The van der Waals surface area contributed by atoms with Crippen LogP contribution in [0.15, 0.2) is 24.4 Å². The molecule has 2 rings (SSSR count). The molecule has 0 saturated carbocycles. The predicted molar refractivity (Wildman–Crippen MR) is 68.9 cm³/mol. The average Bonchev–Trinajstić information content (AvgIpc) is 2.45. The second-order valence-electron chi connectivity index (χ2n) is 3.84. The maximum Gasteiger partial charge on any atom is 0.325 e. The number of carbonyl (C=O) groups is 1. The molecule has 0 saturated heterocycles. The number of non-ortho nitro benzene ring substituents is 1. The standard InChI is InChI=1S/C12H10FN3O4/c1-20-10(17)6-15-12-8(13)5-9(16(18)19)7-3-2-4-14-11(7)12/h2-5,15H,6H2,1H3. The quantitative estimate of drug-likeness (QED) is 0.521. The fraction of sp³-hybridized carbons (Fsp3) is 0.167. The molecular weight excluding hydrogens is 269 g/mol. The van der Waals surface area contributed by atoms with Crippen LogP contribution in [0.3, 0.4) is 0 Å². The molecule has 0 aliphatic carbocycles. The monoisotopic (exact) mass is 279 g/mol. The molecular formula is C12H10FN3O4. The van der Waals surface area contributed by atoms with Crippen molar-refractivity contribution < 1.29 is 18.8 Å². The van der Waals surface area contributed by atoms with Crippen molar-refractivity contribution in [3.05, 3.63) is 40.3 Å². The number of fused-ring (bicyclic) bond motifs is 1. The lowest BCUT2D eigenvalue weighted by molar-refractivity contribution is -0.383. The van der Waals surface area contributed by atoms with E-state index in [1.165, 1.54) is 25.4 Å². The third-order valence-corrected chi connectivity index (χ3v) is 2.66. The van der Waals surface area contributed by atoms with Crippen LogP contribution in [-0.4, -0.2) is 29.5 Å². The Kier molecular flexibility index (Phi) is 3.74. The van der Waals surface area contributed by atoms with Crippen LogP contribution < -0.4 is 5.32 Å². The summed E-state index contributed by atoms with van der Waals surface area (Å²) >= 11 is 0. The van der Waals surface area contributed by atoms with Crippen LogP contribution in [0.5, 0.6) is 0 Å². The van der Waals surface area contributed by atoms with Gasteiger partial charge in [-0.1, -0.05) is 0 Å². The van der Waals surface area contributed by atoms with Crippen LogP contribution in [-0.2, 0) is 9.53 Å². The van der Waals surface area contributed by atoms with Gasteiger partial charge in [0.05, 0.1) is 29.2 Å². The van der Waals surface area contributed by atoms with Gasteiger partial charge in [0.15, 0.2) is 5.82 Å². The summed E-state index contributed by atoms with van der Waals surface area (Å²) in [4.78, 5) is 25.2. The van der Waals surface area contributed by atoms with E-state index in [2.05, 4.69) is 15.0 Å². The van der Waals surface area contributed by atoms with E-state index in [-0.39, 0.29) is 28.8 Å². The van der Waals surface area contributed by atoms with Gasteiger partial charge in [-0.25, -0.2) is 4.39 Å². The van der Waals surface area contributed by atoms with E-state index in [4.69, 9.17) is 0 Å². The molecule has 0 fully saturated rings. The van der Waals surface area contributed by atoms with Gasteiger partial charge >= 0.3 is 5.97 Å². The SMILES string of the molecule is COC(=O)CNc1c(F)cc([N+](=O)[O-])c2cccnc12. The summed E-state index contributed by atoms with van der Waals surface area (Å²) in [6, 6.07) is 3.77. The van der Waals surface area contributed by atoms with E-state index in [1.54, 1.807) is 0 Å². The number of anilines is 1. The lowest BCUT2D eigenvalue weighted by atomic mass is 10.1. The number of halogens is 1. The van der Waals surface area contributed by atoms with Crippen LogP contribution >= 0.6 is 0 Å². The number of hydrogen-bond acceptors (Lipinski definition) is 6. The molecule has 0 aliphatic rings. The van der Waals surface area contributed by atoms with Crippen LogP contribution in [0.4, 0.5) is 15.8 Å². The molecule has 20 heavy (non-hydrogen) atoms. The zero-order valence-electron chi connectivity index (χ0n) is 10.4. The minimum absolute atomic E-state index is 0.0726. The lowest BCUT2D eigenvalue weighted by Gasteiger charge is -2.09. The number of methoxy groups -OCH3 is 1. The fourth-order valence-electron chi connectivity index (χ4n) is 1.75. The number of nitrogens with one attached hydrogen (secondary N) is 1. The van der Waals surface area contributed by atoms with Gasteiger partial charge in [-0.3, -0.25) is 19.9 Å². The topological polar surface area (TPSA) is 94.4 Å². The number of rotatable bonds is 4. The predicted octanol–water partition coefficient (Wildman–Crippen LogP) is 1.87. The molecule has 0 amide bonds. The molecule has 0 radical (unpaired) electrons. The Morgan fingerprint density at radius 3 is 3.00 bits per heavy atom. The molecule has 0 bridgehead atoms. The minimum Gasteiger partial charge on any atom is -0.468 e. The summed E-state index contributed by atoms with van der Waals surface area (Å²) in [5.41, 5.74) is -0.367. The Bertz CT molecular complexity index is 690. The number of pyridine rings is 1. The second kappa shape index (κ2) is 5.47. The summed E-state index contributed by atoms with van der Waals surface area (Å²) in [6.07, 6.45) is 1.38. The first-order chi connectivity index (χ1) is 9.54. The Morgan fingerprint density at radius 1 is 1.60 bits per heavy atom. The van der Waals surface area contributed by atoms with Crippen molar-refractivity contribution >= 4 is 28.2 Å². The molecule has 0 atom stereocenters. The Morgan fingerprint density at radius 2 is 2.35 bits per heavy atom. The number of benzene rings is 1. The zero-order chi connectivity index (χ0) is 14.7. The van der Waals surface area contributed by atoms with Gasteiger partial charge < -0.3 is 10.1 Å². The number of carbonyl (C=O) groups excluding carboxylic acids is 1. The van der Waals surface area contributed by atoms with Crippen molar-refractivity contribution in [1.29, 1.82) is 0 Å². The molecule has 7 nitrogen and oxygen atoms in total. The van der Waals surface area contributed by atoms with Gasteiger partial charge in [-0.15, -0.1) is 0 Å². The minimum atomic E-state index is -0.855. The van der Waals surface area contributed by atoms with Crippen LogP contribution in [0.2, 0.25) is 0 Å². The molecule has 1 aromatic carbocycles. The van der Waals surface area contributed by atoms with E-state index in [0.29, 0.717) is 0 Å². The highest BCUT2D eigenvalue weighted by atomic mass is 19.1. The van der Waals surface area contributed by atoms with Crippen molar-refractivity contribution in [2.45, 2.75) is 0 Å². The van der Waals surface area contributed by atoms with Gasteiger partial charge in [-0.2, -0.15) is 0 Å². The maximum atomic E-state index is 13.9. The number of hydrogen-bond donors (Lipinski definition) is 1. The highest BCUT2D eigenvalue weighted by molar-refractivity contribution is 5.97. The first-order valence-electron chi connectivity index (χ1n) is 5.57. The lowest BCUT2D eigenvalue weighted by Crippen LogP contribution is -2.16. The fourth-order valence-corrected chi connectivity index (χ4v) is 1.75. The van der Waals surface area contributed by atoms with Gasteiger partial charge in [0.1, 0.15) is 12.1 Å². The largest absolute Gasteiger partial charge is 0.468 e. The summed E-state index contributed by atoms with van der Waals surface area (Å²) in [5, 5.41) is 13.6. The normalized spacial score (nSPS) is 10.3. The van der Waals surface area contributed by atoms with Gasteiger partial charge in [0, 0.05) is 6.20 Å². The summed E-state index contributed by atoms with van der Waals surface area (Å²) < 4.78 is 18.4.